The Labute approximate surface area is 178 Å². The number of nitrogens with zero attached hydrogens (tertiary/aromatic N) is 2. The van der Waals surface area contributed by atoms with Crippen LogP contribution in [0.2, 0.25) is 0 Å². The van der Waals surface area contributed by atoms with Gasteiger partial charge in [0.25, 0.3) is 0 Å². The lowest BCUT2D eigenvalue weighted by Crippen LogP contribution is -2.26. The molecule has 0 aliphatic carbocycles. The summed E-state index contributed by atoms with van der Waals surface area (Å²) in [6.07, 6.45) is 5.68. The summed E-state index contributed by atoms with van der Waals surface area (Å²) >= 11 is 0. The number of benzene rings is 1. The third kappa shape index (κ3) is 5.41. The van der Waals surface area contributed by atoms with Crippen molar-refractivity contribution in [2.45, 2.75) is 38.6 Å². The van der Waals surface area contributed by atoms with Crippen LogP contribution in [0.15, 0.2) is 61.1 Å². The molecule has 1 N–H and O–H groups in total. The minimum absolute atomic E-state index is 0.0449. The maximum absolute atomic E-state index is 11.4. The molecular formula is C24H29N3O3. The Morgan fingerprint density at radius 1 is 0.967 bits per heavy atom. The molecule has 0 spiro atoms. The van der Waals surface area contributed by atoms with Gasteiger partial charge >= 0.3 is 0 Å². The van der Waals surface area contributed by atoms with Crippen LogP contribution in [0.5, 0.6) is 11.5 Å². The second-order valence-corrected chi connectivity index (χ2v) is 8.29. The van der Waals surface area contributed by atoms with Gasteiger partial charge in [-0.3, -0.25) is 0 Å². The van der Waals surface area contributed by atoms with E-state index in [9.17, 15) is 5.21 Å². The molecule has 0 saturated carbocycles. The predicted octanol–water partition coefficient (Wildman–Crippen LogP) is 4.32. The summed E-state index contributed by atoms with van der Waals surface area (Å²) in [7, 11) is 3.26. The smallest absolute Gasteiger partial charge is 0.180 e. The Kier molecular flexibility index (Phi) is 6.45. The summed E-state index contributed by atoms with van der Waals surface area (Å²) in [6.45, 7) is 6.31. The summed E-state index contributed by atoms with van der Waals surface area (Å²) in [6, 6.07) is 13.8. The Hall–Kier alpha value is -3.28. The zero-order valence-corrected chi connectivity index (χ0v) is 18.2. The van der Waals surface area contributed by atoms with Crippen molar-refractivity contribution in [2.24, 2.45) is 0 Å². The lowest BCUT2D eigenvalue weighted by Gasteiger charge is -2.23. The molecule has 3 rings (SSSR count). The fourth-order valence-corrected chi connectivity index (χ4v) is 3.38. The van der Waals surface area contributed by atoms with Crippen molar-refractivity contribution in [3.63, 3.8) is 0 Å². The van der Waals surface area contributed by atoms with E-state index in [2.05, 4.69) is 37.1 Å². The van der Waals surface area contributed by atoms with E-state index in [4.69, 9.17) is 9.47 Å². The van der Waals surface area contributed by atoms with Gasteiger partial charge in [0.1, 0.15) is 5.82 Å². The van der Waals surface area contributed by atoms with Gasteiger partial charge in [-0.15, -0.1) is 0 Å². The van der Waals surface area contributed by atoms with E-state index in [0.29, 0.717) is 11.5 Å². The number of methoxy groups -OCH3 is 2. The largest absolute Gasteiger partial charge is 0.619 e. The lowest BCUT2D eigenvalue weighted by atomic mass is 9.86. The van der Waals surface area contributed by atoms with Crippen LogP contribution >= 0.6 is 0 Å². The van der Waals surface area contributed by atoms with E-state index in [1.807, 2.05) is 42.6 Å². The number of rotatable bonds is 7. The van der Waals surface area contributed by atoms with Gasteiger partial charge in [-0.1, -0.05) is 12.1 Å². The highest BCUT2D eigenvalue weighted by Crippen LogP contribution is 2.35. The van der Waals surface area contributed by atoms with E-state index in [-0.39, 0.29) is 11.5 Å². The minimum atomic E-state index is -0.0605. The molecule has 0 saturated heterocycles. The van der Waals surface area contributed by atoms with E-state index in [0.717, 1.165) is 33.7 Å². The maximum atomic E-state index is 11.4. The van der Waals surface area contributed by atoms with Gasteiger partial charge in [-0.2, -0.15) is 4.73 Å². The van der Waals surface area contributed by atoms with E-state index >= 15 is 0 Å². The van der Waals surface area contributed by atoms with E-state index in [1.54, 1.807) is 14.2 Å². The number of hydrogen-bond acceptors (Lipinski definition) is 5. The van der Waals surface area contributed by atoms with Crippen LogP contribution < -0.4 is 19.5 Å². The number of hydrogen-bond donors (Lipinski definition) is 1. The molecule has 6 heteroatoms. The summed E-state index contributed by atoms with van der Waals surface area (Å²) < 4.78 is 11.7. The molecule has 1 unspecified atom stereocenters. The molecule has 6 nitrogen and oxygen atoms in total. The summed E-state index contributed by atoms with van der Waals surface area (Å²) in [5.74, 6) is 2.26. The molecule has 1 aromatic carbocycles. The van der Waals surface area contributed by atoms with Gasteiger partial charge in [-0.05, 0) is 62.1 Å². The summed E-state index contributed by atoms with van der Waals surface area (Å²) in [5, 5.41) is 14.8. The van der Waals surface area contributed by atoms with Crippen LogP contribution in [0.3, 0.4) is 0 Å². The second kappa shape index (κ2) is 9.03. The van der Waals surface area contributed by atoms with Crippen LogP contribution in [0.4, 0.5) is 5.82 Å². The fourth-order valence-electron chi connectivity index (χ4n) is 3.38. The molecular weight excluding hydrogens is 378 g/mol. The molecule has 0 aliphatic heterocycles. The lowest BCUT2D eigenvalue weighted by molar-refractivity contribution is -0.605. The first-order valence-corrected chi connectivity index (χ1v) is 9.93. The number of anilines is 1. The molecule has 1 atom stereocenters. The second-order valence-electron chi connectivity index (χ2n) is 8.29. The number of nitrogens with one attached hydrogen (secondary N) is 1. The van der Waals surface area contributed by atoms with Gasteiger partial charge in [0, 0.05) is 29.8 Å². The quantitative estimate of drug-likeness (QED) is 0.467. The molecule has 0 fully saturated rings. The first-order chi connectivity index (χ1) is 14.3. The van der Waals surface area contributed by atoms with Crippen molar-refractivity contribution in [3.8, 4) is 11.5 Å². The minimum Gasteiger partial charge on any atom is -0.619 e. The van der Waals surface area contributed by atoms with Crippen molar-refractivity contribution < 1.29 is 14.2 Å². The fraction of sp³-hybridized carbons (Fsp3) is 0.333. The Balaban J connectivity index is 1.98. The topological polar surface area (TPSA) is 70.3 Å². The average Bonchev–Trinajstić information content (AvgIpc) is 2.72. The maximum Gasteiger partial charge on any atom is 0.180 e. The zero-order valence-electron chi connectivity index (χ0n) is 18.2. The highest BCUT2D eigenvalue weighted by molar-refractivity contribution is 5.47. The van der Waals surface area contributed by atoms with E-state index < -0.39 is 0 Å². The number of ether oxygens (including phenoxy) is 2. The monoisotopic (exact) mass is 407 g/mol. The molecule has 0 bridgehead atoms. The van der Waals surface area contributed by atoms with Gasteiger partial charge < -0.3 is 20.0 Å². The van der Waals surface area contributed by atoms with Crippen molar-refractivity contribution in [3.05, 3.63) is 83.0 Å². The highest BCUT2D eigenvalue weighted by atomic mass is 16.5. The third-order valence-electron chi connectivity index (χ3n) is 4.81. The molecule has 2 heterocycles. The summed E-state index contributed by atoms with van der Waals surface area (Å²) in [5.41, 5.74) is 3.18. The molecule has 0 amide bonds. The Morgan fingerprint density at radius 3 is 2.20 bits per heavy atom. The van der Waals surface area contributed by atoms with Crippen LogP contribution in [0.1, 0.15) is 43.4 Å². The van der Waals surface area contributed by atoms with Crippen LogP contribution in [-0.2, 0) is 6.42 Å². The molecule has 30 heavy (non-hydrogen) atoms. The number of pyridine rings is 2. The van der Waals surface area contributed by atoms with Gasteiger partial charge in [-0.25, -0.2) is 4.98 Å². The third-order valence-corrected chi connectivity index (χ3v) is 4.81. The van der Waals surface area contributed by atoms with Crippen molar-refractivity contribution in [1.82, 2.24) is 4.98 Å². The van der Waals surface area contributed by atoms with Gasteiger partial charge in [0.05, 0.1) is 14.2 Å². The zero-order chi connectivity index (χ0) is 21.7. The molecule has 158 valence electrons. The molecule has 0 aliphatic rings. The SMILES string of the molecule is COc1ccc(C(Cc2cc[n+]([O-])cc2)c2ccc(NC(C)(C)C)nc2)cc1OC. The van der Waals surface area contributed by atoms with Gasteiger partial charge in [0.15, 0.2) is 23.9 Å². The van der Waals surface area contributed by atoms with Gasteiger partial charge in [0.2, 0.25) is 0 Å². The Morgan fingerprint density at radius 2 is 1.63 bits per heavy atom. The van der Waals surface area contributed by atoms with Crippen LogP contribution in [0.25, 0.3) is 0 Å². The first-order valence-electron chi connectivity index (χ1n) is 9.93. The average molecular weight is 408 g/mol. The molecule has 3 aromatic rings. The number of aromatic nitrogens is 2. The van der Waals surface area contributed by atoms with Crippen molar-refractivity contribution in [2.75, 3.05) is 19.5 Å². The predicted molar refractivity (Wildman–Crippen MR) is 118 cm³/mol. The van der Waals surface area contributed by atoms with Crippen molar-refractivity contribution in [1.29, 1.82) is 0 Å². The standard InChI is InChI=1S/C24H29N3O3/c1-24(2,3)26-23-9-7-19(16-25-23)20(14-17-10-12-27(28)13-11-17)18-6-8-21(29-4)22(15-18)30-5/h6-13,15-16,20H,14H2,1-5H3,(H,25,26). The molecule has 2 aromatic heterocycles. The first kappa shape index (κ1) is 21.4. The van der Waals surface area contributed by atoms with Crippen LogP contribution in [-0.4, -0.2) is 24.7 Å². The van der Waals surface area contributed by atoms with Crippen LogP contribution in [0, 0.1) is 5.21 Å². The molecule has 0 radical (unpaired) electrons. The highest BCUT2D eigenvalue weighted by Gasteiger charge is 2.19. The van der Waals surface area contributed by atoms with Crippen molar-refractivity contribution >= 4 is 5.82 Å². The normalized spacial score (nSPS) is 12.3. The summed E-state index contributed by atoms with van der Waals surface area (Å²) in [4.78, 5) is 4.62. The van der Waals surface area contributed by atoms with E-state index in [1.165, 1.54) is 12.4 Å². The Bertz CT molecular complexity index is 964.